The minimum absolute atomic E-state index is 0.00666. The third-order valence-electron chi connectivity index (χ3n) is 3.12. The molecular weight excluding hydrogens is 298 g/mol. The molecule has 6 nitrogen and oxygen atoms in total. The minimum Gasteiger partial charge on any atom is -0.483 e. The summed E-state index contributed by atoms with van der Waals surface area (Å²) in [5.74, 6) is -1.22. The van der Waals surface area contributed by atoms with Gasteiger partial charge in [0.1, 0.15) is 11.3 Å². The van der Waals surface area contributed by atoms with E-state index in [4.69, 9.17) is 26.2 Å². The maximum absolute atomic E-state index is 12.0. The Labute approximate surface area is 127 Å². The smallest absolute Gasteiger partial charge is 0.339 e. The first-order valence-corrected chi connectivity index (χ1v) is 6.90. The van der Waals surface area contributed by atoms with E-state index in [2.05, 4.69) is 0 Å². The van der Waals surface area contributed by atoms with E-state index < -0.39 is 5.97 Å². The fourth-order valence-corrected chi connectivity index (χ4v) is 2.24. The third-order valence-corrected chi connectivity index (χ3v) is 3.35. The number of carboxylic acids is 1. The van der Waals surface area contributed by atoms with Gasteiger partial charge in [-0.15, -0.1) is 0 Å². The third kappa shape index (κ3) is 4.09. The lowest BCUT2D eigenvalue weighted by molar-refractivity contribution is -0.140. The molecule has 7 heteroatoms. The van der Waals surface area contributed by atoms with Gasteiger partial charge in [-0.3, -0.25) is 4.79 Å². The standard InChI is InChI=1S/C14H16ClNO5/c1-9-7-16(4-5-20-9)13(17)8-21-12-3-2-10(15)6-11(12)14(18)19/h2-3,6,9H,4-5,7-8H2,1H3,(H,18,19). The van der Waals surface area contributed by atoms with Gasteiger partial charge in [-0.05, 0) is 25.1 Å². The quantitative estimate of drug-likeness (QED) is 0.915. The average molecular weight is 314 g/mol. The van der Waals surface area contributed by atoms with E-state index in [9.17, 15) is 9.59 Å². The van der Waals surface area contributed by atoms with Gasteiger partial charge in [0, 0.05) is 18.1 Å². The molecule has 1 aliphatic rings. The van der Waals surface area contributed by atoms with Gasteiger partial charge in [-0.25, -0.2) is 4.79 Å². The number of morpholine rings is 1. The van der Waals surface area contributed by atoms with Crippen molar-refractivity contribution < 1.29 is 24.2 Å². The first-order chi connectivity index (χ1) is 9.97. The predicted molar refractivity (Wildman–Crippen MR) is 75.9 cm³/mol. The number of halogens is 1. The number of aromatic carboxylic acids is 1. The van der Waals surface area contributed by atoms with Gasteiger partial charge in [0.15, 0.2) is 6.61 Å². The van der Waals surface area contributed by atoms with Gasteiger partial charge < -0.3 is 19.5 Å². The molecule has 1 N–H and O–H groups in total. The number of hydrogen-bond acceptors (Lipinski definition) is 4. The average Bonchev–Trinajstić information content (AvgIpc) is 2.45. The predicted octanol–water partition coefficient (Wildman–Crippen LogP) is 1.66. The van der Waals surface area contributed by atoms with E-state index in [0.717, 1.165) is 0 Å². The van der Waals surface area contributed by atoms with Crippen LogP contribution in [0.2, 0.25) is 5.02 Å². The highest BCUT2D eigenvalue weighted by molar-refractivity contribution is 6.31. The van der Waals surface area contributed by atoms with Gasteiger partial charge >= 0.3 is 5.97 Å². The molecular formula is C14H16ClNO5. The van der Waals surface area contributed by atoms with Crippen molar-refractivity contribution in [1.82, 2.24) is 4.90 Å². The first-order valence-electron chi connectivity index (χ1n) is 6.52. The van der Waals surface area contributed by atoms with Crippen molar-refractivity contribution in [1.29, 1.82) is 0 Å². The molecule has 1 saturated heterocycles. The molecule has 1 fully saturated rings. The molecule has 1 heterocycles. The molecule has 0 aliphatic carbocycles. The Morgan fingerprint density at radius 2 is 2.29 bits per heavy atom. The van der Waals surface area contributed by atoms with Gasteiger partial charge in [-0.2, -0.15) is 0 Å². The van der Waals surface area contributed by atoms with Crippen molar-refractivity contribution in [2.75, 3.05) is 26.3 Å². The second-order valence-electron chi connectivity index (χ2n) is 4.76. The number of benzene rings is 1. The van der Waals surface area contributed by atoms with Crippen LogP contribution in [0.5, 0.6) is 5.75 Å². The molecule has 1 aliphatic heterocycles. The van der Waals surface area contributed by atoms with E-state index in [1.165, 1.54) is 18.2 Å². The van der Waals surface area contributed by atoms with Crippen LogP contribution in [-0.2, 0) is 9.53 Å². The zero-order chi connectivity index (χ0) is 15.4. The minimum atomic E-state index is -1.15. The Kier molecular flexibility index (Phi) is 5.03. The van der Waals surface area contributed by atoms with E-state index in [1.54, 1.807) is 4.90 Å². The summed E-state index contributed by atoms with van der Waals surface area (Å²) >= 11 is 5.75. The fraction of sp³-hybridized carbons (Fsp3) is 0.429. The van der Waals surface area contributed by atoms with Crippen LogP contribution in [0.25, 0.3) is 0 Å². The Hall–Kier alpha value is -1.79. The Bertz CT molecular complexity index is 548. The molecule has 21 heavy (non-hydrogen) atoms. The van der Waals surface area contributed by atoms with Crippen LogP contribution in [0.1, 0.15) is 17.3 Å². The highest BCUT2D eigenvalue weighted by atomic mass is 35.5. The largest absolute Gasteiger partial charge is 0.483 e. The molecule has 0 aromatic heterocycles. The summed E-state index contributed by atoms with van der Waals surface area (Å²) < 4.78 is 10.7. The lowest BCUT2D eigenvalue weighted by atomic mass is 10.2. The van der Waals surface area contributed by atoms with E-state index in [-0.39, 0.29) is 29.9 Å². The summed E-state index contributed by atoms with van der Waals surface area (Å²) in [4.78, 5) is 24.8. The molecule has 1 atom stereocenters. The number of carbonyl (C=O) groups is 2. The molecule has 2 rings (SSSR count). The molecule has 0 saturated carbocycles. The van der Waals surface area contributed by atoms with Gasteiger partial charge in [0.05, 0.1) is 12.7 Å². The first kappa shape index (κ1) is 15.6. The Balaban J connectivity index is 1.99. The summed E-state index contributed by atoms with van der Waals surface area (Å²) in [7, 11) is 0. The lowest BCUT2D eigenvalue weighted by Gasteiger charge is -2.31. The Morgan fingerprint density at radius 1 is 1.52 bits per heavy atom. The number of carboxylic acid groups (broad SMARTS) is 1. The topological polar surface area (TPSA) is 76.1 Å². The van der Waals surface area contributed by atoms with Crippen molar-refractivity contribution in [3.8, 4) is 5.75 Å². The van der Waals surface area contributed by atoms with Crippen LogP contribution in [-0.4, -0.2) is 54.3 Å². The zero-order valence-corrected chi connectivity index (χ0v) is 12.3. The number of amides is 1. The fourth-order valence-electron chi connectivity index (χ4n) is 2.07. The van der Waals surface area contributed by atoms with Crippen LogP contribution in [0.4, 0.5) is 0 Å². The van der Waals surface area contributed by atoms with Crippen molar-refractivity contribution in [2.45, 2.75) is 13.0 Å². The Morgan fingerprint density at radius 3 is 2.95 bits per heavy atom. The van der Waals surface area contributed by atoms with Gasteiger partial charge in [-0.1, -0.05) is 11.6 Å². The monoisotopic (exact) mass is 313 g/mol. The SMILES string of the molecule is CC1CN(C(=O)COc2ccc(Cl)cc2C(=O)O)CCO1. The summed E-state index contributed by atoms with van der Waals surface area (Å²) in [6.07, 6.45) is -0.00666. The summed E-state index contributed by atoms with van der Waals surface area (Å²) in [5.41, 5.74) is -0.0642. The summed E-state index contributed by atoms with van der Waals surface area (Å²) in [6.45, 7) is 3.19. The van der Waals surface area contributed by atoms with Crippen molar-refractivity contribution in [3.05, 3.63) is 28.8 Å². The number of hydrogen-bond donors (Lipinski definition) is 1. The molecule has 1 aromatic rings. The maximum atomic E-state index is 12.0. The second-order valence-corrected chi connectivity index (χ2v) is 5.19. The summed E-state index contributed by atoms with van der Waals surface area (Å²) in [6, 6.07) is 4.26. The number of rotatable bonds is 4. The van der Waals surface area contributed by atoms with Crippen molar-refractivity contribution in [2.24, 2.45) is 0 Å². The number of ether oxygens (including phenoxy) is 2. The zero-order valence-electron chi connectivity index (χ0n) is 11.5. The van der Waals surface area contributed by atoms with E-state index >= 15 is 0 Å². The van der Waals surface area contributed by atoms with Gasteiger partial charge in [0.2, 0.25) is 0 Å². The van der Waals surface area contributed by atoms with Crippen LogP contribution in [0, 0.1) is 0 Å². The second kappa shape index (κ2) is 6.78. The van der Waals surface area contributed by atoms with Crippen molar-refractivity contribution in [3.63, 3.8) is 0 Å². The van der Waals surface area contributed by atoms with E-state index in [0.29, 0.717) is 24.7 Å². The molecule has 1 unspecified atom stereocenters. The van der Waals surface area contributed by atoms with Crippen molar-refractivity contribution >= 4 is 23.5 Å². The van der Waals surface area contributed by atoms with Gasteiger partial charge in [0.25, 0.3) is 5.91 Å². The molecule has 0 bridgehead atoms. The molecule has 1 aromatic carbocycles. The maximum Gasteiger partial charge on any atom is 0.339 e. The lowest BCUT2D eigenvalue weighted by Crippen LogP contribution is -2.46. The van der Waals surface area contributed by atoms with E-state index in [1.807, 2.05) is 6.92 Å². The number of nitrogens with zero attached hydrogens (tertiary/aromatic N) is 1. The van der Waals surface area contributed by atoms with Crippen LogP contribution in [0.15, 0.2) is 18.2 Å². The highest BCUT2D eigenvalue weighted by Crippen LogP contribution is 2.23. The van der Waals surface area contributed by atoms with Crippen LogP contribution < -0.4 is 4.74 Å². The van der Waals surface area contributed by atoms with Crippen LogP contribution in [0.3, 0.4) is 0 Å². The van der Waals surface area contributed by atoms with Crippen LogP contribution >= 0.6 is 11.6 Å². The summed E-state index contributed by atoms with van der Waals surface area (Å²) in [5, 5.41) is 9.39. The molecule has 1 amide bonds. The molecule has 0 radical (unpaired) electrons. The molecule has 0 spiro atoms. The normalized spacial score (nSPS) is 18.4. The number of carbonyl (C=O) groups excluding carboxylic acids is 1. The molecule has 114 valence electrons. The highest BCUT2D eigenvalue weighted by Gasteiger charge is 2.22.